The number of carbonyl (C=O) groups is 1. The maximum absolute atomic E-state index is 13.6. The number of pyridine rings is 1. The predicted octanol–water partition coefficient (Wildman–Crippen LogP) is 3.06. The van der Waals surface area contributed by atoms with Crippen molar-refractivity contribution in [2.24, 2.45) is 0 Å². The zero-order valence-electron chi connectivity index (χ0n) is 16.1. The van der Waals surface area contributed by atoms with E-state index < -0.39 is 0 Å². The molecular weight excluding hydrogens is 380 g/mol. The average Bonchev–Trinajstić information content (AvgIpc) is 3.07. The molecule has 0 radical (unpaired) electrons. The van der Waals surface area contributed by atoms with Gasteiger partial charge >= 0.3 is 0 Å². The summed E-state index contributed by atoms with van der Waals surface area (Å²) in [4.78, 5) is 19.8. The molecule has 1 atom stereocenters. The number of carbonyl (C=O) groups excluding carboxylic acids is 1. The molecule has 0 bridgehead atoms. The summed E-state index contributed by atoms with van der Waals surface area (Å²) in [5.74, 6) is 0.732. The van der Waals surface area contributed by atoms with Gasteiger partial charge in [0.1, 0.15) is 5.75 Å². The Bertz CT molecular complexity index is 1000. The Balaban J connectivity index is 0.00000225. The normalized spacial score (nSPS) is 16.7. The monoisotopic (exact) mass is 402 g/mol. The molecule has 1 saturated heterocycles. The van der Waals surface area contributed by atoms with Crippen LogP contribution in [-0.2, 0) is 0 Å². The quantitative estimate of drug-likeness (QED) is 0.725. The molecule has 28 heavy (non-hydrogen) atoms. The molecule has 1 aromatic carbocycles. The van der Waals surface area contributed by atoms with Gasteiger partial charge in [0.05, 0.1) is 29.8 Å². The van der Waals surface area contributed by atoms with Crippen LogP contribution in [0, 0.1) is 13.8 Å². The van der Waals surface area contributed by atoms with Crippen LogP contribution in [0.25, 0.3) is 11.1 Å². The van der Waals surface area contributed by atoms with Gasteiger partial charge in [-0.2, -0.15) is 0 Å². The van der Waals surface area contributed by atoms with Gasteiger partial charge < -0.3 is 19.5 Å². The zero-order chi connectivity index (χ0) is 19.0. The lowest BCUT2D eigenvalue weighted by atomic mass is 10.00. The van der Waals surface area contributed by atoms with E-state index in [1.165, 1.54) is 0 Å². The molecule has 1 amide bonds. The number of hydrogen-bond donors (Lipinski definition) is 1. The third-order valence-corrected chi connectivity index (χ3v) is 4.98. The van der Waals surface area contributed by atoms with Crippen LogP contribution in [-0.4, -0.2) is 47.7 Å². The molecule has 0 aliphatic carbocycles. The van der Waals surface area contributed by atoms with E-state index in [-0.39, 0.29) is 24.4 Å². The number of halogens is 1. The highest BCUT2D eigenvalue weighted by Crippen LogP contribution is 2.32. The number of amides is 1. The fourth-order valence-corrected chi connectivity index (χ4v) is 3.71. The fourth-order valence-electron chi connectivity index (χ4n) is 3.71. The number of methoxy groups -OCH3 is 1. The van der Waals surface area contributed by atoms with Crippen LogP contribution in [0.2, 0.25) is 0 Å². The summed E-state index contributed by atoms with van der Waals surface area (Å²) >= 11 is 0. The second-order valence-electron chi connectivity index (χ2n) is 6.72. The van der Waals surface area contributed by atoms with Gasteiger partial charge in [0, 0.05) is 30.9 Å². The van der Waals surface area contributed by atoms with Crippen molar-refractivity contribution in [3.05, 3.63) is 52.8 Å². The van der Waals surface area contributed by atoms with Crippen molar-refractivity contribution in [1.82, 2.24) is 20.4 Å². The highest BCUT2D eigenvalue weighted by Gasteiger charge is 2.32. The van der Waals surface area contributed by atoms with Crippen molar-refractivity contribution in [3.8, 4) is 5.75 Å². The summed E-state index contributed by atoms with van der Waals surface area (Å²) in [6, 6.07) is 9.53. The van der Waals surface area contributed by atoms with Crippen molar-refractivity contribution < 1.29 is 14.1 Å². The van der Waals surface area contributed by atoms with Crippen molar-refractivity contribution in [1.29, 1.82) is 0 Å². The number of nitrogens with zero attached hydrogens (tertiary/aromatic N) is 3. The van der Waals surface area contributed by atoms with Crippen LogP contribution in [0.4, 0.5) is 0 Å². The third kappa shape index (κ3) is 3.43. The van der Waals surface area contributed by atoms with Gasteiger partial charge in [0.2, 0.25) is 0 Å². The van der Waals surface area contributed by atoms with Gasteiger partial charge in [-0.15, -0.1) is 12.4 Å². The number of piperazine rings is 1. The van der Waals surface area contributed by atoms with Crippen LogP contribution in [0.3, 0.4) is 0 Å². The number of ether oxygens (including phenoxy) is 1. The van der Waals surface area contributed by atoms with Crippen LogP contribution in [0.1, 0.15) is 33.4 Å². The first-order chi connectivity index (χ1) is 13.1. The Labute approximate surface area is 169 Å². The number of aryl methyl sites for hydroxylation is 2. The number of aromatic nitrogens is 2. The van der Waals surface area contributed by atoms with E-state index in [9.17, 15) is 4.79 Å². The van der Waals surface area contributed by atoms with Crippen LogP contribution >= 0.6 is 12.4 Å². The minimum atomic E-state index is -0.119. The summed E-state index contributed by atoms with van der Waals surface area (Å²) in [6.45, 7) is 5.70. The largest absolute Gasteiger partial charge is 0.496 e. The number of nitrogens with one attached hydrogen (secondary N) is 1. The predicted molar refractivity (Wildman–Crippen MR) is 108 cm³/mol. The lowest BCUT2D eigenvalue weighted by molar-refractivity contribution is 0.0633. The molecule has 3 heterocycles. The Kier molecular flexibility index (Phi) is 5.86. The first-order valence-electron chi connectivity index (χ1n) is 8.98. The second kappa shape index (κ2) is 8.16. The molecule has 7 nitrogen and oxygen atoms in total. The number of rotatable bonds is 3. The number of fused-ring (bicyclic) bond motifs is 1. The molecule has 8 heteroatoms. The van der Waals surface area contributed by atoms with E-state index in [1.54, 1.807) is 7.11 Å². The van der Waals surface area contributed by atoms with Crippen molar-refractivity contribution in [2.75, 3.05) is 26.7 Å². The van der Waals surface area contributed by atoms with E-state index in [1.807, 2.05) is 49.1 Å². The number of hydrogen-bond acceptors (Lipinski definition) is 6. The summed E-state index contributed by atoms with van der Waals surface area (Å²) in [5.41, 5.74) is 3.37. The first-order valence-corrected chi connectivity index (χ1v) is 8.98. The smallest absolute Gasteiger partial charge is 0.258 e. The zero-order valence-corrected chi connectivity index (χ0v) is 16.9. The molecule has 1 aliphatic rings. The van der Waals surface area contributed by atoms with Gasteiger partial charge in [0.25, 0.3) is 11.6 Å². The highest BCUT2D eigenvalue weighted by atomic mass is 35.5. The molecular formula is C20H23ClN4O3. The van der Waals surface area contributed by atoms with E-state index >= 15 is 0 Å². The van der Waals surface area contributed by atoms with E-state index in [4.69, 9.17) is 9.26 Å². The molecule has 3 aromatic rings. The maximum atomic E-state index is 13.6. The molecule has 2 aromatic heterocycles. The molecule has 1 aliphatic heterocycles. The Hall–Kier alpha value is -2.64. The molecule has 1 unspecified atom stereocenters. The average molecular weight is 403 g/mol. The van der Waals surface area contributed by atoms with Crippen LogP contribution < -0.4 is 10.1 Å². The summed E-state index contributed by atoms with van der Waals surface area (Å²) in [7, 11) is 1.65. The second-order valence-corrected chi connectivity index (χ2v) is 6.72. The van der Waals surface area contributed by atoms with Crippen molar-refractivity contribution in [3.63, 3.8) is 0 Å². The van der Waals surface area contributed by atoms with Crippen molar-refractivity contribution >= 4 is 29.4 Å². The number of para-hydroxylation sites is 1. The molecule has 0 spiro atoms. The molecule has 1 fully saturated rings. The lowest BCUT2D eigenvalue weighted by Crippen LogP contribution is -2.48. The minimum absolute atomic E-state index is 0. The van der Waals surface area contributed by atoms with E-state index in [0.717, 1.165) is 23.6 Å². The molecule has 4 rings (SSSR count). The van der Waals surface area contributed by atoms with Gasteiger partial charge in [-0.1, -0.05) is 23.4 Å². The Morgan fingerprint density at radius 1 is 1.32 bits per heavy atom. The maximum Gasteiger partial charge on any atom is 0.258 e. The summed E-state index contributed by atoms with van der Waals surface area (Å²) in [5, 5.41) is 8.06. The molecule has 1 N–H and O–H groups in total. The van der Waals surface area contributed by atoms with Gasteiger partial charge in [0.15, 0.2) is 0 Å². The van der Waals surface area contributed by atoms with Crippen LogP contribution in [0.5, 0.6) is 5.75 Å². The van der Waals surface area contributed by atoms with Crippen LogP contribution in [0.15, 0.2) is 34.9 Å². The topological polar surface area (TPSA) is 80.5 Å². The summed E-state index contributed by atoms with van der Waals surface area (Å²) < 4.78 is 10.8. The Morgan fingerprint density at radius 3 is 2.89 bits per heavy atom. The van der Waals surface area contributed by atoms with E-state index in [2.05, 4.69) is 15.5 Å². The molecule has 148 valence electrons. The fraction of sp³-hybridized carbons (Fsp3) is 0.350. The van der Waals surface area contributed by atoms with Gasteiger partial charge in [-0.05, 0) is 26.0 Å². The molecule has 0 saturated carbocycles. The Morgan fingerprint density at radius 2 is 2.11 bits per heavy atom. The van der Waals surface area contributed by atoms with Gasteiger partial charge in [-0.3, -0.25) is 4.79 Å². The number of benzene rings is 1. The summed E-state index contributed by atoms with van der Waals surface area (Å²) in [6.07, 6.45) is 0. The third-order valence-electron chi connectivity index (χ3n) is 4.98. The highest BCUT2D eigenvalue weighted by molar-refractivity contribution is 6.06. The van der Waals surface area contributed by atoms with E-state index in [0.29, 0.717) is 35.4 Å². The standard InChI is InChI=1S/C20H22N4O3.ClH/c1-12-10-15(18-13(2)23-27-19(18)22-12)20(25)24-9-8-21-11-16(24)14-6-4-5-7-17(14)26-3;/h4-7,10,16,21H,8-9,11H2,1-3H3;1H. The lowest BCUT2D eigenvalue weighted by Gasteiger charge is -2.37. The van der Waals surface area contributed by atoms with Gasteiger partial charge in [-0.25, -0.2) is 4.98 Å². The minimum Gasteiger partial charge on any atom is -0.496 e. The van der Waals surface area contributed by atoms with Crippen molar-refractivity contribution in [2.45, 2.75) is 19.9 Å². The first kappa shape index (κ1) is 20.1. The SMILES string of the molecule is COc1ccccc1C1CNCCN1C(=O)c1cc(C)nc2onc(C)c12.Cl.